The standard InChI is InChI=1S/C9H15F3N2O2/c1-6(4-13)7(15)14-3-2-8(16,5-14)9(10,11)12/h6,16H,2-5,13H2,1H3. The Morgan fingerprint density at radius 1 is 1.62 bits per heavy atom. The Kier molecular flexibility index (Phi) is 3.49. The van der Waals surface area contributed by atoms with Crippen molar-refractivity contribution in [2.24, 2.45) is 11.7 Å². The molecule has 1 amide bonds. The second kappa shape index (κ2) is 4.21. The van der Waals surface area contributed by atoms with Gasteiger partial charge in [0, 0.05) is 25.4 Å². The number of amides is 1. The van der Waals surface area contributed by atoms with Crippen molar-refractivity contribution in [1.82, 2.24) is 4.90 Å². The monoisotopic (exact) mass is 240 g/mol. The van der Waals surface area contributed by atoms with E-state index in [0.717, 1.165) is 4.90 Å². The van der Waals surface area contributed by atoms with Gasteiger partial charge in [-0.3, -0.25) is 4.79 Å². The molecule has 1 saturated heterocycles. The molecule has 1 aliphatic heterocycles. The zero-order valence-corrected chi connectivity index (χ0v) is 8.92. The summed E-state index contributed by atoms with van der Waals surface area (Å²) in [5.74, 6) is -0.960. The molecule has 1 fully saturated rings. The van der Waals surface area contributed by atoms with E-state index in [0.29, 0.717) is 0 Å². The first-order chi connectivity index (χ1) is 7.21. The molecule has 2 atom stereocenters. The predicted molar refractivity (Wildman–Crippen MR) is 50.4 cm³/mol. The smallest absolute Gasteiger partial charge is 0.379 e. The fourth-order valence-corrected chi connectivity index (χ4v) is 1.63. The summed E-state index contributed by atoms with van der Waals surface area (Å²) in [5, 5.41) is 9.35. The van der Waals surface area contributed by atoms with Crippen LogP contribution < -0.4 is 5.73 Å². The van der Waals surface area contributed by atoms with Gasteiger partial charge in [-0.1, -0.05) is 6.92 Å². The Labute approximate surface area is 91.2 Å². The van der Waals surface area contributed by atoms with Crippen LogP contribution in [-0.4, -0.2) is 47.3 Å². The quantitative estimate of drug-likeness (QED) is 0.719. The summed E-state index contributed by atoms with van der Waals surface area (Å²) in [7, 11) is 0. The molecule has 0 aromatic rings. The van der Waals surface area contributed by atoms with E-state index in [1.165, 1.54) is 0 Å². The van der Waals surface area contributed by atoms with Gasteiger partial charge in [-0.05, 0) is 0 Å². The van der Waals surface area contributed by atoms with Crippen molar-refractivity contribution in [2.75, 3.05) is 19.6 Å². The van der Waals surface area contributed by atoms with Crippen LogP contribution in [-0.2, 0) is 4.79 Å². The van der Waals surface area contributed by atoms with Gasteiger partial charge in [0.15, 0.2) is 5.60 Å². The molecule has 0 radical (unpaired) electrons. The van der Waals surface area contributed by atoms with Crippen LogP contribution in [0.25, 0.3) is 0 Å². The van der Waals surface area contributed by atoms with Crippen LogP contribution in [0, 0.1) is 5.92 Å². The first-order valence-corrected chi connectivity index (χ1v) is 4.99. The highest BCUT2D eigenvalue weighted by molar-refractivity contribution is 5.79. The third-order valence-electron chi connectivity index (χ3n) is 2.86. The number of halogens is 3. The number of β-amino-alcohol motifs (C(OH)–C–C–N with tert-alkyl or cyclic N) is 1. The van der Waals surface area contributed by atoms with Crippen molar-refractivity contribution in [3.63, 3.8) is 0 Å². The topological polar surface area (TPSA) is 66.6 Å². The van der Waals surface area contributed by atoms with E-state index < -0.39 is 36.6 Å². The van der Waals surface area contributed by atoms with Crippen molar-refractivity contribution in [2.45, 2.75) is 25.1 Å². The fraction of sp³-hybridized carbons (Fsp3) is 0.889. The molecule has 4 nitrogen and oxygen atoms in total. The molecule has 0 saturated carbocycles. The van der Waals surface area contributed by atoms with Gasteiger partial charge in [0.25, 0.3) is 0 Å². The molecular weight excluding hydrogens is 225 g/mol. The summed E-state index contributed by atoms with van der Waals surface area (Å²) in [6, 6.07) is 0. The Morgan fingerprint density at radius 3 is 2.56 bits per heavy atom. The van der Waals surface area contributed by atoms with Crippen molar-refractivity contribution in [3.05, 3.63) is 0 Å². The van der Waals surface area contributed by atoms with Crippen LogP contribution in [0.2, 0.25) is 0 Å². The summed E-state index contributed by atoms with van der Waals surface area (Å²) >= 11 is 0. The van der Waals surface area contributed by atoms with E-state index in [9.17, 15) is 23.1 Å². The van der Waals surface area contributed by atoms with Crippen LogP contribution >= 0.6 is 0 Å². The molecule has 1 heterocycles. The van der Waals surface area contributed by atoms with E-state index >= 15 is 0 Å². The van der Waals surface area contributed by atoms with Gasteiger partial charge >= 0.3 is 6.18 Å². The Hall–Kier alpha value is -0.820. The number of hydrogen-bond donors (Lipinski definition) is 2. The molecule has 1 aliphatic rings. The van der Waals surface area contributed by atoms with E-state index in [1.807, 2.05) is 0 Å². The lowest BCUT2D eigenvalue weighted by Gasteiger charge is -2.26. The number of carbonyl (C=O) groups excluding carboxylic acids is 1. The van der Waals surface area contributed by atoms with Gasteiger partial charge in [-0.15, -0.1) is 0 Å². The Bertz CT molecular complexity index is 282. The molecule has 0 aromatic carbocycles. The van der Waals surface area contributed by atoms with Gasteiger partial charge in [0.1, 0.15) is 0 Å². The molecule has 0 spiro atoms. The van der Waals surface area contributed by atoms with Crippen molar-refractivity contribution in [3.8, 4) is 0 Å². The lowest BCUT2D eigenvalue weighted by molar-refractivity contribution is -0.253. The van der Waals surface area contributed by atoms with Crippen molar-refractivity contribution < 1.29 is 23.1 Å². The number of rotatable bonds is 2. The van der Waals surface area contributed by atoms with Gasteiger partial charge in [-0.2, -0.15) is 13.2 Å². The summed E-state index contributed by atoms with van der Waals surface area (Å²) < 4.78 is 37.4. The fourth-order valence-electron chi connectivity index (χ4n) is 1.63. The average molecular weight is 240 g/mol. The number of likely N-dealkylation sites (tertiary alicyclic amines) is 1. The highest BCUT2D eigenvalue weighted by atomic mass is 19.4. The predicted octanol–water partition coefficient (Wildman–Crippen LogP) is 0.107. The van der Waals surface area contributed by atoms with Crippen LogP contribution in [0.15, 0.2) is 0 Å². The number of hydrogen-bond acceptors (Lipinski definition) is 3. The van der Waals surface area contributed by atoms with Gasteiger partial charge in [-0.25, -0.2) is 0 Å². The average Bonchev–Trinajstić information content (AvgIpc) is 2.59. The lowest BCUT2D eigenvalue weighted by atomic mass is 10.0. The van der Waals surface area contributed by atoms with E-state index in [-0.39, 0.29) is 13.1 Å². The Balaban J connectivity index is 2.69. The zero-order valence-electron chi connectivity index (χ0n) is 8.92. The van der Waals surface area contributed by atoms with Crippen molar-refractivity contribution >= 4 is 5.91 Å². The summed E-state index contributed by atoms with van der Waals surface area (Å²) in [6.07, 6.45) is -5.17. The summed E-state index contributed by atoms with van der Waals surface area (Å²) in [5.41, 5.74) is 2.49. The van der Waals surface area contributed by atoms with Crippen LogP contribution in [0.5, 0.6) is 0 Å². The molecule has 7 heteroatoms. The molecule has 1 rings (SSSR count). The third-order valence-corrected chi connectivity index (χ3v) is 2.86. The highest BCUT2D eigenvalue weighted by Gasteiger charge is 2.57. The molecule has 2 unspecified atom stereocenters. The van der Waals surface area contributed by atoms with E-state index in [2.05, 4.69) is 0 Å². The van der Waals surface area contributed by atoms with Crippen LogP contribution in [0.4, 0.5) is 13.2 Å². The zero-order chi connectivity index (χ0) is 12.6. The second-order valence-electron chi connectivity index (χ2n) is 4.18. The first kappa shape index (κ1) is 13.2. The minimum Gasteiger partial charge on any atom is -0.379 e. The minimum absolute atomic E-state index is 0.0831. The van der Waals surface area contributed by atoms with Crippen LogP contribution in [0.3, 0.4) is 0 Å². The minimum atomic E-state index is -4.70. The van der Waals surface area contributed by atoms with Crippen molar-refractivity contribution in [1.29, 1.82) is 0 Å². The molecule has 16 heavy (non-hydrogen) atoms. The molecule has 3 N–H and O–H groups in total. The summed E-state index contributed by atoms with van der Waals surface area (Å²) in [6.45, 7) is 0.853. The van der Waals surface area contributed by atoms with E-state index in [1.54, 1.807) is 6.92 Å². The lowest BCUT2D eigenvalue weighted by Crippen LogP contribution is -2.48. The maximum absolute atomic E-state index is 12.5. The maximum atomic E-state index is 12.5. The second-order valence-corrected chi connectivity index (χ2v) is 4.18. The van der Waals surface area contributed by atoms with Gasteiger partial charge < -0.3 is 15.7 Å². The number of carbonyl (C=O) groups is 1. The number of alkyl halides is 3. The summed E-state index contributed by atoms with van der Waals surface area (Å²) in [4.78, 5) is 12.6. The number of aliphatic hydroxyl groups is 1. The highest BCUT2D eigenvalue weighted by Crippen LogP contribution is 2.37. The largest absolute Gasteiger partial charge is 0.419 e. The molecule has 0 aliphatic carbocycles. The normalized spacial score (nSPS) is 28.2. The first-order valence-electron chi connectivity index (χ1n) is 4.99. The molecule has 0 bridgehead atoms. The molecular formula is C9H15F3N2O2. The van der Waals surface area contributed by atoms with Gasteiger partial charge in [0.05, 0.1) is 6.54 Å². The third kappa shape index (κ3) is 2.30. The Morgan fingerprint density at radius 2 is 2.19 bits per heavy atom. The maximum Gasteiger partial charge on any atom is 0.419 e. The SMILES string of the molecule is CC(CN)C(=O)N1CCC(O)(C(F)(F)F)C1. The number of nitrogens with two attached hydrogens (primary N) is 1. The van der Waals surface area contributed by atoms with Gasteiger partial charge in [0.2, 0.25) is 5.91 Å². The van der Waals surface area contributed by atoms with Crippen LogP contribution in [0.1, 0.15) is 13.3 Å². The molecule has 94 valence electrons. The molecule has 0 aromatic heterocycles. The van der Waals surface area contributed by atoms with E-state index in [4.69, 9.17) is 5.73 Å². The number of nitrogens with zero attached hydrogens (tertiary/aromatic N) is 1.